The van der Waals surface area contributed by atoms with Gasteiger partial charge in [-0.2, -0.15) is 13.2 Å². The van der Waals surface area contributed by atoms with Crippen molar-refractivity contribution in [3.05, 3.63) is 65.7 Å². The number of nitrogens with one attached hydrogen (secondary N) is 5. The van der Waals surface area contributed by atoms with E-state index in [2.05, 4.69) is 26.0 Å². The van der Waals surface area contributed by atoms with Crippen molar-refractivity contribution in [2.45, 2.75) is 56.9 Å². The van der Waals surface area contributed by atoms with Crippen molar-refractivity contribution in [3.63, 3.8) is 0 Å². The molecule has 15 heteroatoms. The Balaban J connectivity index is 2.12. The van der Waals surface area contributed by atoms with Crippen LogP contribution in [0.15, 0.2) is 54.6 Å². The van der Waals surface area contributed by atoms with Gasteiger partial charge in [-0.05, 0) is 42.5 Å². The van der Waals surface area contributed by atoms with Crippen LogP contribution in [0.4, 0.5) is 13.2 Å². The summed E-state index contributed by atoms with van der Waals surface area (Å²) in [6.45, 7) is 1.72. The van der Waals surface area contributed by atoms with Gasteiger partial charge in [-0.15, -0.1) is 0 Å². The summed E-state index contributed by atoms with van der Waals surface area (Å²) in [5, 5.41) is 18.5. The zero-order chi connectivity index (χ0) is 32.0. The summed E-state index contributed by atoms with van der Waals surface area (Å²) >= 11 is 0. The highest BCUT2D eigenvalue weighted by molar-refractivity contribution is 5.89. The van der Waals surface area contributed by atoms with Gasteiger partial charge in [-0.25, -0.2) is 4.79 Å². The van der Waals surface area contributed by atoms with E-state index >= 15 is 0 Å². The Hall–Kier alpha value is -4.66. The Labute approximate surface area is 246 Å². The average Bonchev–Trinajstić information content (AvgIpc) is 2.92. The SMILES string of the molecule is CC(=O)N[C@@H](CN[C@H](CCCNC(=N)N)C(=O)N[C@H](Cc1ccccc1)C(N)=O)Cc1ccc(OC(=O)C(F)(F)F)cc1. The molecular formula is C28H36F3N7O5. The molecule has 0 fully saturated rings. The van der Waals surface area contributed by atoms with Gasteiger partial charge in [0.1, 0.15) is 11.8 Å². The van der Waals surface area contributed by atoms with E-state index in [9.17, 15) is 32.3 Å². The lowest BCUT2D eigenvalue weighted by atomic mass is 10.0. The standard InChI is InChI=1S/C28H36F3N7O5/c1-17(39)37-20(14-19-9-11-21(12-10-19)43-26(42)28(29,30)31)16-36-22(8-5-13-35-27(33)34)25(41)38-23(24(32)40)15-18-6-3-2-4-7-18/h2-4,6-7,9-12,20,22-23,36H,5,8,13-16H2,1H3,(H2,32,40)(H,37,39)(H,38,41)(H4,33,34,35)/t20-,22-,23-/m1/s1. The number of benzene rings is 2. The van der Waals surface area contributed by atoms with Crippen molar-refractivity contribution in [1.29, 1.82) is 5.41 Å². The molecule has 9 N–H and O–H groups in total. The second-order valence-electron chi connectivity index (χ2n) is 9.73. The molecule has 3 atom stereocenters. The monoisotopic (exact) mass is 607 g/mol. The molecule has 0 unspecified atom stereocenters. The Morgan fingerprint density at radius 3 is 2.09 bits per heavy atom. The third-order valence-corrected chi connectivity index (χ3v) is 6.11. The van der Waals surface area contributed by atoms with Crippen LogP contribution in [0.1, 0.15) is 30.9 Å². The number of guanidine groups is 1. The molecule has 0 aliphatic carbocycles. The van der Waals surface area contributed by atoms with Crippen LogP contribution in [-0.2, 0) is 32.0 Å². The maximum atomic E-state index is 13.3. The largest absolute Gasteiger partial charge is 0.491 e. The van der Waals surface area contributed by atoms with E-state index in [1.807, 2.05) is 6.07 Å². The van der Waals surface area contributed by atoms with Gasteiger partial charge in [-0.3, -0.25) is 19.8 Å². The lowest BCUT2D eigenvalue weighted by molar-refractivity contribution is -0.189. The van der Waals surface area contributed by atoms with Crippen molar-refractivity contribution >= 4 is 29.7 Å². The second kappa shape index (κ2) is 16.7. The topological polar surface area (TPSA) is 202 Å². The summed E-state index contributed by atoms with van der Waals surface area (Å²) in [5.41, 5.74) is 12.3. The Kier molecular flexibility index (Phi) is 13.4. The summed E-state index contributed by atoms with van der Waals surface area (Å²) in [6.07, 6.45) is -4.03. The molecule has 2 rings (SSSR count). The minimum absolute atomic E-state index is 0.0997. The van der Waals surface area contributed by atoms with Crippen LogP contribution in [0.5, 0.6) is 5.75 Å². The predicted molar refractivity (Wildman–Crippen MR) is 152 cm³/mol. The Bertz CT molecular complexity index is 1240. The van der Waals surface area contributed by atoms with E-state index in [1.54, 1.807) is 24.3 Å². The smallest absolute Gasteiger partial charge is 0.420 e. The zero-order valence-electron chi connectivity index (χ0n) is 23.5. The number of primary amides is 1. The van der Waals surface area contributed by atoms with E-state index in [0.29, 0.717) is 18.5 Å². The first-order valence-electron chi connectivity index (χ1n) is 13.3. The highest BCUT2D eigenvalue weighted by Crippen LogP contribution is 2.20. The van der Waals surface area contributed by atoms with Gasteiger partial charge >= 0.3 is 12.1 Å². The molecule has 12 nitrogen and oxygen atoms in total. The highest BCUT2D eigenvalue weighted by Gasteiger charge is 2.41. The highest BCUT2D eigenvalue weighted by atomic mass is 19.4. The minimum atomic E-state index is -5.13. The van der Waals surface area contributed by atoms with Crippen molar-refractivity contribution < 1.29 is 37.1 Å². The number of alkyl halides is 3. The predicted octanol–water partition coefficient (Wildman–Crippen LogP) is 0.636. The first-order valence-corrected chi connectivity index (χ1v) is 13.3. The third kappa shape index (κ3) is 13.2. The molecule has 0 spiro atoms. The van der Waals surface area contributed by atoms with Crippen LogP contribution < -0.4 is 37.5 Å². The minimum Gasteiger partial charge on any atom is -0.420 e. The Morgan fingerprint density at radius 1 is 0.907 bits per heavy atom. The summed E-state index contributed by atoms with van der Waals surface area (Å²) in [5.74, 6) is -4.43. The van der Waals surface area contributed by atoms with Crippen LogP contribution in [0, 0.1) is 5.41 Å². The molecule has 0 radical (unpaired) electrons. The lowest BCUT2D eigenvalue weighted by Crippen LogP contribution is -2.55. The quantitative estimate of drug-likeness (QED) is 0.0473. The number of carbonyl (C=O) groups is 4. The van der Waals surface area contributed by atoms with E-state index in [4.69, 9.17) is 16.9 Å². The molecule has 0 bridgehead atoms. The molecule has 43 heavy (non-hydrogen) atoms. The zero-order valence-corrected chi connectivity index (χ0v) is 23.5. The summed E-state index contributed by atoms with van der Waals surface area (Å²) < 4.78 is 41.7. The number of esters is 1. The van der Waals surface area contributed by atoms with Gasteiger partial charge < -0.3 is 37.5 Å². The van der Waals surface area contributed by atoms with Gasteiger partial charge in [-0.1, -0.05) is 42.5 Å². The van der Waals surface area contributed by atoms with Crippen LogP contribution >= 0.6 is 0 Å². The molecule has 0 aliphatic heterocycles. The van der Waals surface area contributed by atoms with Gasteiger partial charge in [0.05, 0.1) is 6.04 Å². The van der Waals surface area contributed by atoms with E-state index in [-0.39, 0.29) is 43.4 Å². The first-order chi connectivity index (χ1) is 20.2. The first kappa shape index (κ1) is 34.5. The van der Waals surface area contributed by atoms with Crippen LogP contribution in [0.2, 0.25) is 0 Å². The normalized spacial score (nSPS) is 13.2. The van der Waals surface area contributed by atoms with Crippen molar-refractivity contribution in [3.8, 4) is 5.75 Å². The third-order valence-electron chi connectivity index (χ3n) is 6.11. The fraction of sp³-hybridized carbons (Fsp3) is 0.393. The fourth-order valence-corrected chi connectivity index (χ4v) is 4.09. The van der Waals surface area contributed by atoms with Gasteiger partial charge in [0.2, 0.25) is 17.7 Å². The van der Waals surface area contributed by atoms with E-state index < -0.39 is 42.1 Å². The molecule has 0 heterocycles. The second-order valence-corrected chi connectivity index (χ2v) is 9.73. The van der Waals surface area contributed by atoms with Crippen molar-refractivity contribution in [2.24, 2.45) is 11.5 Å². The molecule has 234 valence electrons. The number of carbonyl (C=O) groups excluding carboxylic acids is 4. The number of hydrogen-bond donors (Lipinski definition) is 7. The van der Waals surface area contributed by atoms with Gasteiger partial charge in [0.15, 0.2) is 5.96 Å². The molecule has 3 amide bonds. The number of nitrogens with two attached hydrogens (primary N) is 2. The number of ether oxygens (including phenoxy) is 1. The van der Waals surface area contributed by atoms with Crippen LogP contribution in [-0.4, -0.2) is 67.0 Å². The number of hydrogen-bond acceptors (Lipinski definition) is 7. The average molecular weight is 608 g/mol. The van der Waals surface area contributed by atoms with Crippen molar-refractivity contribution in [1.82, 2.24) is 21.3 Å². The van der Waals surface area contributed by atoms with Crippen LogP contribution in [0.3, 0.4) is 0 Å². The number of rotatable bonds is 16. The molecule has 0 saturated carbocycles. The fourth-order valence-electron chi connectivity index (χ4n) is 4.09. The molecule has 2 aromatic carbocycles. The molecule has 0 aliphatic rings. The van der Waals surface area contributed by atoms with Gasteiger partial charge in [0, 0.05) is 32.5 Å². The summed E-state index contributed by atoms with van der Waals surface area (Å²) in [6, 6.07) is 12.0. The maximum absolute atomic E-state index is 13.3. The number of amides is 3. The summed E-state index contributed by atoms with van der Waals surface area (Å²) in [7, 11) is 0. The van der Waals surface area contributed by atoms with E-state index in [0.717, 1.165) is 5.56 Å². The molecule has 0 saturated heterocycles. The molecule has 0 aromatic heterocycles. The van der Waals surface area contributed by atoms with Crippen molar-refractivity contribution in [2.75, 3.05) is 13.1 Å². The lowest BCUT2D eigenvalue weighted by Gasteiger charge is -2.25. The summed E-state index contributed by atoms with van der Waals surface area (Å²) in [4.78, 5) is 48.4. The molecular weight excluding hydrogens is 571 g/mol. The van der Waals surface area contributed by atoms with E-state index in [1.165, 1.54) is 31.2 Å². The Morgan fingerprint density at radius 2 is 1.53 bits per heavy atom. The number of halogens is 3. The van der Waals surface area contributed by atoms with Gasteiger partial charge in [0.25, 0.3) is 0 Å². The van der Waals surface area contributed by atoms with Crippen LogP contribution in [0.25, 0.3) is 0 Å². The molecule has 2 aromatic rings. The maximum Gasteiger partial charge on any atom is 0.491 e.